The Morgan fingerprint density at radius 1 is 1.21 bits per heavy atom. The molecule has 0 heterocycles. The van der Waals surface area contributed by atoms with Gasteiger partial charge in [-0.25, -0.2) is 4.39 Å². The maximum Gasteiger partial charge on any atom is 0.416 e. The Hall–Kier alpha value is -0.710. The highest BCUT2D eigenvalue weighted by Crippen LogP contribution is 2.30. The van der Waals surface area contributed by atoms with E-state index in [2.05, 4.69) is 12.6 Å². The molecule has 0 radical (unpaired) electrons. The van der Waals surface area contributed by atoms with Gasteiger partial charge in [0, 0.05) is 0 Å². The molecular formula is C9H8F4S. The molecule has 0 saturated heterocycles. The molecule has 0 aromatic heterocycles. The van der Waals surface area contributed by atoms with E-state index in [0.717, 1.165) is 18.2 Å². The summed E-state index contributed by atoms with van der Waals surface area (Å²) in [5.74, 6) is -0.301. The zero-order valence-corrected chi connectivity index (χ0v) is 8.00. The second kappa shape index (κ2) is 4.21. The van der Waals surface area contributed by atoms with Crippen molar-refractivity contribution in [1.82, 2.24) is 0 Å². The summed E-state index contributed by atoms with van der Waals surface area (Å²) in [6.45, 7) is 0. The van der Waals surface area contributed by atoms with Crippen LogP contribution in [0.1, 0.15) is 11.1 Å². The highest BCUT2D eigenvalue weighted by Gasteiger charge is 2.30. The average molecular weight is 224 g/mol. The van der Waals surface area contributed by atoms with Gasteiger partial charge >= 0.3 is 6.18 Å². The summed E-state index contributed by atoms with van der Waals surface area (Å²) in [6, 6.07) is 2.39. The van der Waals surface area contributed by atoms with Gasteiger partial charge in [-0.15, -0.1) is 0 Å². The number of halogens is 4. The highest BCUT2D eigenvalue weighted by atomic mass is 32.1. The lowest BCUT2D eigenvalue weighted by Crippen LogP contribution is -2.06. The first kappa shape index (κ1) is 11.4. The molecule has 5 heteroatoms. The van der Waals surface area contributed by atoms with Crippen LogP contribution in [0.4, 0.5) is 17.6 Å². The summed E-state index contributed by atoms with van der Waals surface area (Å²) in [6.07, 6.45) is -4.22. The number of aryl methyl sites for hydroxylation is 1. The maximum absolute atomic E-state index is 12.9. The molecule has 0 saturated carbocycles. The molecule has 0 aliphatic heterocycles. The molecule has 14 heavy (non-hydrogen) atoms. The van der Waals surface area contributed by atoms with Crippen LogP contribution in [0.5, 0.6) is 0 Å². The Morgan fingerprint density at radius 2 is 1.86 bits per heavy atom. The van der Waals surface area contributed by atoms with E-state index in [9.17, 15) is 17.6 Å². The van der Waals surface area contributed by atoms with Gasteiger partial charge in [-0.3, -0.25) is 0 Å². The van der Waals surface area contributed by atoms with Crippen molar-refractivity contribution in [2.24, 2.45) is 0 Å². The number of hydrogen-bond acceptors (Lipinski definition) is 1. The number of rotatable bonds is 2. The lowest BCUT2D eigenvalue weighted by atomic mass is 10.1. The van der Waals surface area contributed by atoms with Crippen molar-refractivity contribution in [2.75, 3.05) is 5.75 Å². The third-order valence-electron chi connectivity index (χ3n) is 1.75. The number of alkyl halides is 3. The predicted molar refractivity (Wildman–Crippen MR) is 49.0 cm³/mol. The summed E-state index contributed by atoms with van der Waals surface area (Å²) >= 11 is 3.84. The SMILES string of the molecule is Fc1ccc(C(F)(F)F)cc1CCS. The molecule has 1 aromatic carbocycles. The number of thiol groups is 1. The van der Waals surface area contributed by atoms with Crippen molar-refractivity contribution in [3.8, 4) is 0 Å². The average Bonchev–Trinajstić information content (AvgIpc) is 2.07. The smallest absolute Gasteiger partial charge is 0.207 e. The van der Waals surface area contributed by atoms with Gasteiger partial charge in [0.15, 0.2) is 0 Å². The van der Waals surface area contributed by atoms with Crippen molar-refractivity contribution < 1.29 is 17.6 Å². The Bertz CT molecular complexity index is 319. The van der Waals surface area contributed by atoms with E-state index < -0.39 is 17.6 Å². The van der Waals surface area contributed by atoms with Crippen LogP contribution in [0.2, 0.25) is 0 Å². The summed E-state index contributed by atoms with van der Waals surface area (Å²) in [7, 11) is 0. The highest BCUT2D eigenvalue weighted by molar-refractivity contribution is 7.80. The van der Waals surface area contributed by atoms with Crippen molar-refractivity contribution in [1.29, 1.82) is 0 Å². The minimum atomic E-state index is -4.42. The van der Waals surface area contributed by atoms with Crippen molar-refractivity contribution in [2.45, 2.75) is 12.6 Å². The van der Waals surface area contributed by atoms with Gasteiger partial charge in [0.1, 0.15) is 5.82 Å². The van der Waals surface area contributed by atoms with E-state index in [1.807, 2.05) is 0 Å². The van der Waals surface area contributed by atoms with E-state index in [0.29, 0.717) is 5.75 Å². The molecule has 0 bridgehead atoms. The van der Waals surface area contributed by atoms with Crippen LogP contribution in [-0.2, 0) is 12.6 Å². The van der Waals surface area contributed by atoms with Gasteiger partial charge < -0.3 is 0 Å². The summed E-state index contributed by atoms with van der Waals surface area (Å²) in [4.78, 5) is 0. The maximum atomic E-state index is 12.9. The second-order valence-corrected chi connectivity index (χ2v) is 3.22. The van der Waals surface area contributed by atoms with Crippen LogP contribution >= 0.6 is 12.6 Å². The van der Waals surface area contributed by atoms with Gasteiger partial charge in [-0.1, -0.05) is 0 Å². The lowest BCUT2D eigenvalue weighted by Gasteiger charge is -2.08. The summed E-state index contributed by atoms with van der Waals surface area (Å²) in [5.41, 5.74) is -0.773. The topological polar surface area (TPSA) is 0 Å². The van der Waals surface area contributed by atoms with Gasteiger partial charge in [0.05, 0.1) is 5.56 Å². The third-order valence-corrected chi connectivity index (χ3v) is 1.98. The Labute approximate surface area is 84.3 Å². The second-order valence-electron chi connectivity index (χ2n) is 2.78. The monoisotopic (exact) mass is 224 g/mol. The normalized spacial score (nSPS) is 11.8. The molecule has 0 nitrogen and oxygen atoms in total. The van der Waals surface area contributed by atoms with Gasteiger partial charge in [0.25, 0.3) is 0 Å². The molecule has 1 rings (SSSR count). The van der Waals surface area contributed by atoms with Crippen molar-refractivity contribution in [3.05, 3.63) is 35.1 Å². The van der Waals surface area contributed by atoms with E-state index >= 15 is 0 Å². The molecule has 0 aliphatic carbocycles. The fourth-order valence-corrected chi connectivity index (χ4v) is 1.30. The number of benzene rings is 1. The standard InChI is InChI=1S/C9H8F4S/c10-8-2-1-7(9(11,12)13)5-6(8)3-4-14/h1-2,5,14H,3-4H2. The molecule has 0 N–H and O–H groups in total. The van der Waals surface area contributed by atoms with E-state index in [1.54, 1.807) is 0 Å². The first-order chi connectivity index (χ1) is 6.45. The van der Waals surface area contributed by atoms with Gasteiger partial charge in [-0.2, -0.15) is 25.8 Å². The van der Waals surface area contributed by atoms with Crippen LogP contribution in [0.3, 0.4) is 0 Å². The molecule has 0 amide bonds. The molecule has 0 atom stereocenters. The molecule has 0 aliphatic rings. The summed E-state index contributed by atoms with van der Waals surface area (Å²) < 4.78 is 49.5. The van der Waals surface area contributed by atoms with E-state index in [4.69, 9.17) is 0 Å². The molecule has 0 spiro atoms. The molecule has 1 aromatic rings. The Morgan fingerprint density at radius 3 is 2.36 bits per heavy atom. The quantitative estimate of drug-likeness (QED) is 0.578. The Kier molecular flexibility index (Phi) is 3.42. The largest absolute Gasteiger partial charge is 0.416 e. The third kappa shape index (κ3) is 2.64. The lowest BCUT2D eigenvalue weighted by molar-refractivity contribution is -0.137. The van der Waals surface area contributed by atoms with Crippen LogP contribution < -0.4 is 0 Å². The fraction of sp³-hybridized carbons (Fsp3) is 0.333. The van der Waals surface area contributed by atoms with Crippen LogP contribution in [0, 0.1) is 5.82 Å². The minimum Gasteiger partial charge on any atom is -0.207 e. The van der Waals surface area contributed by atoms with Crippen molar-refractivity contribution in [3.63, 3.8) is 0 Å². The summed E-state index contributed by atoms with van der Waals surface area (Å²) in [5, 5.41) is 0. The fourth-order valence-electron chi connectivity index (χ4n) is 1.06. The first-order valence-electron chi connectivity index (χ1n) is 3.91. The van der Waals surface area contributed by atoms with Crippen molar-refractivity contribution >= 4 is 12.6 Å². The zero-order chi connectivity index (χ0) is 10.8. The molecular weight excluding hydrogens is 216 g/mol. The molecule has 78 valence electrons. The van der Waals surface area contributed by atoms with Gasteiger partial charge in [-0.05, 0) is 35.9 Å². The van der Waals surface area contributed by atoms with Crippen LogP contribution in [0.15, 0.2) is 18.2 Å². The van der Waals surface area contributed by atoms with Crippen LogP contribution in [0.25, 0.3) is 0 Å². The van der Waals surface area contributed by atoms with E-state index in [-0.39, 0.29) is 12.0 Å². The predicted octanol–water partition coefficient (Wildman–Crippen LogP) is 3.32. The first-order valence-corrected chi connectivity index (χ1v) is 4.55. The Balaban J connectivity index is 3.06. The number of hydrogen-bond donors (Lipinski definition) is 1. The molecule has 0 unspecified atom stereocenters. The van der Waals surface area contributed by atoms with E-state index in [1.165, 1.54) is 0 Å². The minimum absolute atomic E-state index is 0.0508. The van der Waals surface area contributed by atoms with Gasteiger partial charge in [0.2, 0.25) is 0 Å². The zero-order valence-electron chi connectivity index (χ0n) is 7.11. The van der Waals surface area contributed by atoms with Crippen LogP contribution in [-0.4, -0.2) is 5.75 Å². The molecule has 0 fully saturated rings.